The summed E-state index contributed by atoms with van der Waals surface area (Å²) in [6, 6.07) is 1.44. The number of piperidine rings is 1. The molecule has 1 aliphatic rings. The van der Waals surface area contributed by atoms with Crippen LogP contribution in [-0.4, -0.2) is 60.3 Å². The van der Waals surface area contributed by atoms with Gasteiger partial charge in [0.1, 0.15) is 5.69 Å². The van der Waals surface area contributed by atoms with Crippen molar-refractivity contribution in [2.45, 2.75) is 45.8 Å². The van der Waals surface area contributed by atoms with E-state index in [1.54, 1.807) is 17.9 Å². The predicted octanol–water partition coefficient (Wildman–Crippen LogP) is 2.73. The average molecular weight is 372 g/mol. The third-order valence-electron chi connectivity index (χ3n) is 4.13. The molecule has 1 aromatic heterocycles. The zero-order valence-electron chi connectivity index (χ0n) is 14.9. The van der Waals surface area contributed by atoms with Crippen LogP contribution in [0.25, 0.3) is 0 Å². The Labute approximate surface area is 153 Å². The summed E-state index contributed by atoms with van der Waals surface area (Å²) < 4.78 is 10.9. The van der Waals surface area contributed by atoms with Gasteiger partial charge in [-0.05, 0) is 32.8 Å². The van der Waals surface area contributed by atoms with Crippen molar-refractivity contribution in [2.75, 3.05) is 26.3 Å². The summed E-state index contributed by atoms with van der Waals surface area (Å²) in [6.07, 6.45) is 0.853. The maximum Gasteiger partial charge on any atom is 0.409 e. The number of halogens is 1. The quantitative estimate of drug-likeness (QED) is 0.805. The van der Waals surface area contributed by atoms with E-state index in [4.69, 9.17) is 21.1 Å². The first kappa shape index (κ1) is 19.6. The van der Waals surface area contributed by atoms with Crippen molar-refractivity contribution in [3.63, 3.8) is 0 Å². The Bertz CT molecular complexity index is 585. The second-order valence-corrected chi connectivity index (χ2v) is 6.49. The van der Waals surface area contributed by atoms with Gasteiger partial charge in [0.05, 0.1) is 30.3 Å². The van der Waals surface area contributed by atoms with Gasteiger partial charge < -0.3 is 24.7 Å². The van der Waals surface area contributed by atoms with Crippen LogP contribution in [0.2, 0.25) is 5.02 Å². The molecular formula is C17H26ClN3O4. The number of aromatic nitrogens is 1. The number of ether oxygens (including phenoxy) is 2. The summed E-state index contributed by atoms with van der Waals surface area (Å²) in [5.41, 5.74) is 1.17. The van der Waals surface area contributed by atoms with Crippen LogP contribution < -0.4 is 5.32 Å². The van der Waals surface area contributed by atoms with Crippen molar-refractivity contribution in [1.82, 2.24) is 15.2 Å². The van der Waals surface area contributed by atoms with Crippen molar-refractivity contribution in [3.8, 4) is 0 Å². The van der Waals surface area contributed by atoms with Gasteiger partial charge >= 0.3 is 6.09 Å². The fourth-order valence-electron chi connectivity index (χ4n) is 2.80. The Balaban J connectivity index is 2.02. The number of carbonyl (C=O) groups is 2. The third kappa shape index (κ3) is 5.12. The first-order valence-corrected chi connectivity index (χ1v) is 9.03. The minimum atomic E-state index is -0.343. The topological polar surface area (TPSA) is 83.7 Å². The van der Waals surface area contributed by atoms with Crippen LogP contribution in [-0.2, 0) is 9.47 Å². The first-order chi connectivity index (χ1) is 12.0. The highest BCUT2D eigenvalue weighted by atomic mass is 35.5. The van der Waals surface area contributed by atoms with Gasteiger partial charge in [0.25, 0.3) is 5.91 Å². The number of amides is 2. The van der Waals surface area contributed by atoms with Crippen LogP contribution in [0, 0.1) is 6.92 Å². The number of aryl methyl sites for hydroxylation is 1. The Morgan fingerprint density at radius 2 is 2.20 bits per heavy atom. The maximum absolute atomic E-state index is 12.5. The number of nitrogens with one attached hydrogen (secondary N) is 2. The van der Waals surface area contributed by atoms with Crippen molar-refractivity contribution in [1.29, 1.82) is 0 Å². The molecule has 1 aromatic rings. The second kappa shape index (κ2) is 9.10. The lowest BCUT2D eigenvalue weighted by atomic mass is 10.0. The zero-order chi connectivity index (χ0) is 18.4. The number of rotatable bonds is 6. The fraction of sp³-hybridized carbons (Fsp3) is 0.647. The minimum Gasteiger partial charge on any atom is -0.450 e. The number of nitrogens with zero attached hydrogens (tertiary/aromatic N) is 1. The highest BCUT2D eigenvalue weighted by Gasteiger charge is 2.34. The van der Waals surface area contributed by atoms with Crippen molar-refractivity contribution in [3.05, 3.63) is 22.5 Å². The number of H-pyrrole nitrogens is 1. The van der Waals surface area contributed by atoms with Crippen molar-refractivity contribution in [2.24, 2.45) is 0 Å². The largest absolute Gasteiger partial charge is 0.450 e. The van der Waals surface area contributed by atoms with E-state index in [-0.39, 0.29) is 24.1 Å². The standard InChI is InChI=1S/C17H26ClN3O4/c1-4-8-25-15-10-21(17(23)24-5-2)7-6-13(15)20-16(22)14-9-12(18)11(3)19-14/h9,13,15,19H,4-8,10H2,1-3H3,(H,20,22)/t13-,15+/m1/s1. The SMILES string of the molecule is CCCO[C@H]1CN(C(=O)OCC)CC[C@H]1NC(=O)c1cc(Cl)c(C)[nH]1. The molecule has 2 amide bonds. The molecule has 0 unspecified atom stereocenters. The highest BCUT2D eigenvalue weighted by Crippen LogP contribution is 2.19. The molecule has 1 aliphatic heterocycles. The molecule has 2 atom stereocenters. The average Bonchev–Trinajstić information content (AvgIpc) is 2.93. The minimum absolute atomic E-state index is 0.174. The van der Waals surface area contributed by atoms with Crippen LogP contribution in [0.15, 0.2) is 6.07 Å². The monoisotopic (exact) mass is 371 g/mol. The van der Waals surface area contributed by atoms with E-state index in [1.807, 2.05) is 13.8 Å². The molecule has 2 heterocycles. The molecule has 0 spiro atoms. The van der Waals surface area contributed by atoms with Gasteiger partial charge in [0, 0.05) is 18.8 Å². The Morgan fingerprint density at radius 3 is 2.80 bits per heavy atom. The zero-order valence-corrected chi connectivity index (χ0v) is 15.7. The number of hydrogen-bond donors (Lipinski definition) is 2. The van der Waals surface area contributed by atoms with Gasteiger partial charge in [-0.1, -0.05) is 18.5 Å². The summed E-state index contributed by atoms with van der Waals surface area (Å²) in [6.45, 7) is 7.42. The number of likely N-dealkylation sites (tertiary alicyclic amines) is 1. The third-order valence-corrected chi connectivity index (χ3v) is 4.53. The van der Waals surface area contributed by atoms with Crippen LogP contribution in [0.3, 0.4) is 0 Å². The van der Waals surface area contributed by atoms with E-state index >= 15 is 0 Å². The molecular weight excluding hydrogens is 346 g/mol. The maximum atomic E-state index is 12.5. The van der Waals surface area contributed by atoms with Gasteiger partial charge in [-0.15, -0.1) is 0 Å². The van der Waals surface area contributed by atoms with Gasteiger partial charge in [0.15, 0.2) is 0 Å². The van der Waals surface area contributed by atoms with E-state index in [0.717, 1.165) is 12.1 Å². The molecule has 0 bridgehead atoms. The fourth-order valence-corrected chi connectivity index (χ4v) is 2.96. The molecule has 2 N–H and O–H groups in total. The van der Waals surface area contributed by atoms with Gasteiger partial charge in [-0.2, -0.15) is 0 Å². The van der Waals surface area contributed by atoms with Crippen molar-refractivity contribution >= 4 is 23.6 Å². The Morgan fingerprint density at radius 1 is 1.44 bits per heavy atom. The van der Waals surface area contributed by atoms with Crippen LogP contribution >= 0.6 is 11.6 Å². The number of aromatic amines is 1. The van der Waals surface area contributed by atoms with Gasteiger partial charge in [0.2, 0.25) is 0 Å². The molecule has 0 aromatic carbocycles. The molecule has 0 radical (unpaired) electrons. The lowest BCUT2D eigenvalue weighted by Gasteiger charge is -2.38. The van der Waals surface area contributed by atoms with Crippen LogP contribution in [0.5, 0.6) is 0 Å². The molecule has 140 valence electrons. The normalized spacial score (nSPS) is 20.4. The van der Waals surface area contributed by atoms with E-state index in [9.17, 15) is 9.59 Å². The molecule has 1 saturated heterocycles. The van der Waals surface area contributed by atoms with E-state index in [1.165, 1.54) is 0 Å². The first-order valence-electron chi connectivity index (χ1n) is 8.65. The van der Waals surface area contributed by atoms with Crippen molar-refractivity contribution < 1.29 is 19.1 Å². The Hall–Kier alpha value is -1.73. The van der Waals surface area contributed by atoms with Gasteiger partial charge in [-0.3, -0.25) is 4.79 Å². The summed E-state index contributed by atoms with van der Waals surface area (Å²) in [5.74, 6) is -0.227. The highest BCUT2D eigenvalue weighted by molar-refractivity contribution is 6.31. The lowest BCUT2D eigenvalue weighted by Crippen LogP contribution is -2.56. The molecule has 1 fully saturated rings. The summed E-state index contributed by atoms with van der Waals surface area (Å²) in [4.78, 5) is 29.0. The molecule has 25 heavy (non-hydrogen) atoms. The lowest BCUT2D eigenvalue weighted by molar-refractivity contribution is -0.0198. The van der Waals surface area contributed by atoms with E-state index in [2.05, 4.69) is 10.3 Å². The molecule has 0 aliphatic carbocycles. The summed E-state index contributed by atoms with van der Waals surface area (Å²) in [5, 5.41) is 3.52. The smallest absolute Gasteiger partial charge is 0.409 e. The Kier molecular flexibility index (Phi) is 7.13. The number of carbonyl (C=O) groups excluding carboxylic acids is 2. The molecule has 0 saturated carbocycles. The van der Waals surface area contributed by atoms with Crippen LogP contribution in [0.1, 0.15) is 42.9 Å². The van der Waals surface area contributed by atoms with E-state index < -0.39 is 0 Å². The predicted molar refractivity (Wildman–Crippen MR) is 95.0 cm³/mol. The van der Waals surface area contributed by atoms with Crippen LogP contribution in [0.4, 0.5) is 4.79 Å². The number of hydrogen-bond acceptors (Lipinski definition) is 4. The summed E-state index contributed by atoms with van der Waals surface area (Å²) in [7, 11) is 0. The van der Waals surface area contributed by atoms with E-state index in [0.29, 0.717) is 43.4 Å². The molecule has 8 heteroatoms. The second-order valence-electron chi connectivity index (χ2n) is 6.08. The molecule has 7 nitrogen and oxygen atoms in total. The molecule has 2 rings (SSSR count). The van der Waals surface area contributed by atoms with Gasteiger partial charge in [-0.25, -0.2) is 4.79 Å². The summed E-state index contributed by atoms with van der Waals surface area (Å²) >= 11 is 6.00.